The molecule has 0 saturated carbocycles. The number of benzene rings is 3. The lowest BCUT2D eigenvalue weighted by Gasteiger charge is -2.19. The monoisotopic (exact) mass is 729 g/mol. The molecule has 2 aromatic heterocycles. The molecule has 0 spiro atoms. The summed E-state index contributed by atoms with van der Waals surface area (Å²) in [6.45, 7) is 4.23. The summed E-state index contributed by atoms with van der Waals surface area (Å²) in [6.07, 6.45) is 0.784. The third kappa shape index (κ3) is 10.1. The third-order valence-electron chi connectivity index (χ3n) is 7.38. The van der Waals surface area contributed by atoms with E-state index in [0.717, 1.165) is 28.5 Å². The first-order valence-corrected chi connectivity index (χ1v) is 16.7. The minimum atomic E-state index is -5.08. The number of alkyl halides is 3. The minimum Gasteiger partial charge on any atom is -0.480 e. The van der Waals surface area contributed by atoms with E-state index in [2.05, 4.69) is 30.4 Å². The molecule has 270 valence electrons. The SMILES string of the molecule is Cc1cc(-c2ccccc2)cc(C)c1S(=O)(=O)N[C@@H](CNC(=O)c1ccc2c(cnn2CCCNc2ncc[nH]2)c1)C(=O)O.O=C(O)C(F)(F)F. The summed E-state index contributed by atoms with van der Waals surface area (Å²) in [5, 5.41) is 27.8. The van der Waals surface area contributed by atoms with Gasteiger partial charge in [0.1, 0.15) is 6.04 Å². The number of fused-ring (bicyclic) bond motifs is 1. The van der Waals surface area contributed by atoms with Crippen LogP contribution < -0.4 is 15.4 Å². The standard InChI is InChI=1S/C31H33N7O5S.C2HF3O2/c1-20-15-24(22-7-4-3-5-8-22)16-21(2)28(20)44(42,43)37-26(30(40)41)19-35-29(39)23-9-10-27-25(17-23)18-36-38(27)14-6-11-32-31-33-12-13-34-31;3-2(4,5)1(6)7/h3-5,7-10,12-13,15-18,26,37H,6,11,14,19H2,1-2H3,(H,35,39)(H,40,41)(H2,32,33,34);(H,6,7)/t26-;/m0./s1. The maximum Gasteiger partial charge on any atom is 0.490 e. The Balaban J connectivity index is 0.000000755. The molecule has 0 aliphatic heterocycles. The first-order chi connectivity index (χ1) is 24.1. The molecule has 0 aliphatic carbocycles. The average molecular weight is 730 g/mol. The van der Waals surface area contributed by atoms with Gasteiger partial charge in [-0.05, 0) is 60.7 Å². The van der Waals surface area contributed by atoms with E-state index in [9.17, 15) is 36.3 Å². The van der Waals surface area contributed by atoms with E-state index in [1.165, 1.54) is 0 Å². The smallest absolute Gasteiger partial charge is 0.480 e. The summed E-state index contributed by atoms with van der Waals surface area (Å²) in [5.41, 5.74) is 3.89. The number of carboxylic acid groups (broad SMARTS) is 2. The summed E-state index contributed by atoms with van der Waals surface area (Å²) in [4.78, 5) is 41.0. The number of hydrogen-bond acceptors (Lipinski definition) is 8. The molecule has 5 rings (SSSR count). The Morgan fingerprint density at radius 3 is 2.24 bits per heavy atom. The van der Waals surface area contributed by atoms with Crippen molar-refractivity contribution in [3.8, 4) is 11.1 Å². The Labute approximate surface area is 289 Å². The lowest BCUT2D eigenvalue weighted by atomic mass is 10.0. The number of sulfonamides is 1. The van der Waals surface area contributed by atoms with Crippen LogP contribution in [0.15, 0.2) is 84.1 Å². The van der Waals surface area contributed by atoms with Crippen molar-refractivity contribution < 1.29 is 46.2 Å². The van der Waals surface area contributed by atoms with Crippen LogP contribution in [-0.4, -0.2) is 81.5 Å². The van der Waals surface area contributed by atoms with Crippen LogP contribution in [0, 0.1) is 13.8 Å². The van der Waals surface area contributed by atoms with E-state index in [1.807, 2.05) is 35.0 Å². The molecule has 0 radical (unpaired) electrons. The van der Waals surface area contributed by atoms with E-state index in [-0.39, 0.29) is 4.90 Å². The summed E-state index contributed by atoms with van der Waals surface area (Å²) in [6, 6.07) is 16.5. The van der Waals surface area contributed by atoms with Gasteiger partial charge in [0.2, 0.25) is 10.0 Å². The number of rotatable bonds is 13. The Hall–Kier alpha value is -5.75. The maximum absolute atomic E-state index is 13.3. The topological polar surface area (TPSA) is 208 Å². The number of H-pyrrole nitrogens is 1. The largest absolute Gasteiger partial charge is 0.490 e. The highest BCUT2D eigenvalue weighted by Gasteiger charge is 2.38. The van der Waals surface area contributed by atoms with Crippen molar-refractivity contribution in [1.29, 1.82) is 0 Å². The Kier molecular flexibility index (Phi) is 12.2. The van der Waals surface area contributed by atoms with Gasteiger partial charge < -0.3 is 25.8 Å². The molecule has 0 unspecified atom stereocenters. The van der Waals surface area contributed by atoms with Crippen LogP contribution >= 0.6 is 0 Å². The zero-order valence-electron chi connectivity index (χ0n) is 27.2. The predicted octanol–water partition coefficient (Wildman–Crippen LogP) is 4.34. The second-order valence-corrected chi connectivity index (χ2v) is 12.8. The van der Waals surface area contributed by atoms with Gasteiger partial charge in [-0.3, -0.25) is 14.3 Å². The number of carbonyl (C=O) groups is 3. The zero-order valence-corrected chi connectivity index (χ0v) is 28.0. The van der Waals surface area contributed by atoms with Gasteiger partial charge in [-0.1, -0.05) is 42.5 Å². The fourth-order valence-electron chi connectivity index (χ4n) is 5.10. The van der Waals surface area contributed by atoms with Crippen LogP contribution in [0.4, 0.5) is 19.1 Å². The zero-order chi connectivity index (χ0) is 37.3. The van der Waals surface area contributed by atoms with Crippen molar-refractivity contribution in [2.75, 3.05) is 18.4 Å². The van der Waals surface area contributed by atoms with Gasteiger partial charge in [0.05, 0.1) is 16.6 Å². The Bertz CT molecular complexity index is 2080. The molecule has 0 aliphatic rings. The number of aromatic nitrogens is 4. The number of nitrogens with zero attached hydrogens (tertiary/aromatic N) is 3. The van der Waals surface area contributed by atoms with Crippen LogP contribution in [0.25, 0.3) is 22.0 Å². The van der Waals surface area contributed by atoms with Gasteiger partial charge in [-0.15, -0.1) is 0 Å². The van der Waals surface area contributed by atoms with Gasteiger partial charge in [0.15, 0.2) is 5.95 Å². The summed E-state index contributed by atoms with van der Waals surface area (Å²) in [5.74, 6) is -4.00. The van der Waals surface area contributed by atoms with Gasteiger partial charge in [0.25, 0.3) is 5.91 Å². The van der Waals surface area contributed by atoms with Crippen LogP contribution in [-0.2, 0) is 26.2 Å². The predicted molar refractivity (Wildman–Crippen MR) is 181 cm³/mol. The van der Waals surface area contributed by atoms with Crippen molar-refractivity contribution in [2.45, 2.75) is 43.9 Å². The Morgan fingerprint density at radius 2 is 1.65 bits per heavy atom. The fraction of sp³-hybridized carbons (Fsp3) is 0.242. The molecule has 51 heavy (non-hydrogen) atoms. The average Bonchev–Trinajstić information content (AvgIpc) is 3.74. The van der Waals surface area contributed by atoms with Crippen LogP contribution in [0.3, 0.4) is 0 Å². The number of carboxylic acids is 2. The molecule has 5 aromatic rings. The quantitative estimate of drug-likeness (QED) is 0.0945. The molecule has 0 saturated heterocycles. The van der Waals surface area contributed by atoms with Gasteiger partial charge in [0, 0.05) is 43.0 Å². The normalized spacial score (nSPS) is 12.1. The van der Waals surface area contributed by atoms with Crippen molar-refractivity contribution in [2.24, 2.45) is 0 Å². The number of anilines is 1. The second kappa shape index (κ2) is 16.3. The molecule has 6 N–H and O–H groups in total. The number of hydrogen-bond donors (Lipinski definition) is 6. The van der Waals surface area contributed by atoms with Crippen molar-refractivity contribution in [3.63, 3.8) is 0 Å². The van der Waals surface area contributed by atoms with Gasteiger partial charge in [-0.25, -0.2) is 18.2 Å². The first kappa shape index (κ1) is 38.1. The van der Waals surface area contributed by atoms with Gasteiger partial charge in [-0.2, -0.15) is 23.0 Å². The van der Waals surface area contributed by atoms with E-state index in [0.29, 0.717) is 35.7 Å². The lowest BCUT2D eigenvalue weighted by Crippen LogP contribution is -2.48. The number of aliphatic carboxylic acids is 2. The lowest BCUT2D eigenvalue weighted by molar-refractivity contribution is -0.192. The van der Waals surface area contributed by atoms with E-state index >= 15 is 0 Å². The molecule has 3 aromatic carbocycles. The highest BCUT2D eigenvalue weighted by molar-refractivity contribution is 7.89. The number of carbonyl (C=O) groups excluding carboxylic acids is 1. The number of amides is 1. The van der Waals surface area contributed by atoms with Gasteiger partial charge >= 0.3 is 18.1 Å². The third-order valence-corrected chi connectivity index (χ3v) is 9.16. The van der Waals surface area contributed by atoms with Crippen molar-refractivity contribution >= 4 is 44.7 Å². The number of imidazole rings is 1. The van der Waals surface area contributed by atoms with E-state index in [4.69, 9.17) is 9.90 Å². The minimum absolute atomic E-state index is 0.00830. The fourth-order valence-corrected chi connectivity index (χ4v) is 6.74. The highest BCUT2D eigenvalue weighted by atomic mass is 32.2. The second-order valence-electron chi connectivity index (χ2n) is 11.2. The molecular formula is C33H34F3N7O7S. The highest BCUT2D eigenvalue weighted by Crippen LogP contribution is 2.28. The molecule has 18 heteroatoms. The molecule has 0 bridgehead atoms. The number of nitrogens with one attached hydrogen (secondary N) is 4. The summed E-state index contributed by atoms with van der Waals surface area (Å²) < 4.78 is 62.5. The molecule has 2 heterocycles. The molecule has 1 amide bonds. The maximum atomic E-state index is 13.3. The van der Waals surface area contributed by atoms with E-state index in [1.54, 1.807) is 62.8 Å². The van der Waals surface area contributed by atoms with E-state index < -0.39 is 46.6 Å². The number of aryl methyl sites for hydroxylation is 3. The van der Waals surface area contributed by atoms with Crippen LogP contribution in [0.1, 0.15) is 27.9 Å². The van der Waals surface area contributed by atoms with Crippen molar-refractivity contribution in [1.82, 2.24) is 29.8 Å². The molecule has 0 fully saturated rings. The van der Waals surface area contributed by atoms with Crippen molar-refractivity contribution in [3.05, 3.63) is 95.9 Å². The molecular weight excluding hydrogens is 695 g/mol. The van der Waals surface area contributed by atoms with Crippen LogP contribution in [0.2, 0.25) is 0 Å². The molecule has 14 nitrogen and oxygen atoms in total. The first-order valence-electron chi connectivity index (χ1n) is 15.3. The van der Waals surface area contributed by atoms with Crippen LogP contribution in [0.5, 0.6) is 0 Å². The Morgan fingerprint density at radius 1 is 0.980 bits per heavy atom. The molecule has 1 atom stereocenters. The summed E-state index contributed by atoms with van der Waals surface area (Å²) in [7, 11) is -4.23. The summed E-state index contributed by atoms with van der Waals surface area (Å²) >= 11 is 0. The number of halogens is 3. The number of aromatic amines is 1.